The van der Waals surface area contributed by atoms with Crippen molar-refractivity contribution in [2.24, 2.45) is 0 Å². The highest BCUT2D eigenvalue weighted by molar-refractivity contribution is 7.22. The summed E-state index contributed by atoms with van der Waals surface area (Å²) in [6.45, 7) is 13.9. The molecule has 2 aromatic carbocycles. The molecule has 1 N–H and O–H groups in total. The van der Waals surface area contributed by atoms with E-state index >= 15 is 0 Å². The summed E-state index contributed by atoms with van der Waals surface area (Å²) in [5.41, 5.74) is 2.72. The number of nitrogens with one attached hydrogen (secondary N) is 1. The quantitative estimate of drug-likeness (QED) is 0.359. The van der Waals surface area contributed by atoms with Gasteiger partial charge < -0.3 is 10.1 Å². The molecular formula is C24H32N4OS. The van der Waals surface area contributed by atoms with Crippen molar-refractivity contribution in [3.05, 3.63) is 66.6 Å². The molecule has 4 aromatic rings. The standard InChI is InChI=1S/C18H14N4OS.3C2H6/c1-12-17(20-11-10-19-12)23-14-8-6-13(7-9-14)21-18-22-15-4-2-3-5-16(15)24-18;3*1-2/h2-11H,1H3,(H,21,22);3*1-2H3. The molecule has 0 atom stereocenters. The molecule has 0 fully saturated rings. The lowest BCUT2D eigenvalue weighted by Gasteiger charge is -2.07. The minimum atomic E-state index is 0.518. The van der Waals surface area contributed by atoms with Crippen LogP contribution in [-0.2, 0) is 0 Å². The number of hydrogen-bond donors (Lipinski definition) is 1. The Morgan fingerprint density at radius 2 is 1.43 bits per heavy atom. The normalized spacial score (nSPS) is 9.17. The first-order valence-corrected chi connectivity index (χ1v) is 11.3. The van der Waals surface area contributed by atoms with Crippen LogP contribution in [-0.4, -0.2) is 15.0 Å². The Bertz CT molecular complexity index is 951. The molecule has 6 heteroatoms. The summed E-state index contributed by atoms with van der Waals surface area (Å²) >= 11 is 1.63. The largest absolute Gasteiger partial charge is 0.437 e. The Hall–Kier alpha value is -2.99. The van der Waals surface area contributed by atoms with Crippen molar-refractivity contribution >= 4 is 32.4 Å². The number of ether oxygens (including phenoxy) is 1. The van der Waals surface area contributed by atoms with Crippen LogP contribution in [0.15, 0.2) is 60.9 Å². The number of para-hydroxylation sites is 1. The van der Waals surface area contributed by atoms with E-state index < -0.39 is 0 Å². The zero-order valence-corrected chi connectivity index (χ0v) is 19.7. The molecule has 0 radical (unpaired) electrons. The Labute approximate surface area is 184 Å². The Morgan fingerprint density at radius 1 is 0.800 bits per heavy atom. The van der Waals surface area contributed by atoms with Crippen molar-refractivity contribution in [3.8, 4) is 11.6 Å². The first kappa shape index (κ1) is 25.0. The van der Waals surface area contributed by atoms with Crippen LogP contribution in [0.2, 0.25) is 0 Å². The maximum atomic E-state index is 5.75. The Balaban J connectivity index is 0.000000691. The summed E-state index contributed by atoms with van der Waals surface area (Å²) in [7, 11) is 0. The minimum Gasteiger partial charge on any atom is -0.437 e. The van der Waals surface area contributed by atoms with E-state index in [9.17, 15) is 0 Å². The summed E-state index contributed by atoms with van der Waals surface area (Å²) in [4.78, 5) is 12.9. The zero-order valence-electron chi connectivity index (χ0n) is 18.9. The van der Waals surface area contributed by atoms with E-state index in [1.165, 1.54) is 0 Å². The molecule has 0 aliphatic carbocycles. The van der Waals surface area contributed by atoms with Crippen LogP contribution in [0.5, 0.6) is 11.6 Å². The summed E-state index contributed by atoms with van der Waals surface area (Å²) in [5, 5.41) is 4.19. The number of benzene rings is 2. The average molecular weight is 425 g/mol. The van der Waals surface area contributed by atoms with Gasteiger partial charge in [-0.3, -0.25) is 4.98 Å². The van der Waals surface area contributed by atoms with Crippen LogP contribution in [0.4, 0.5) is 10.8 Å². The van der Waals surface area contributed by atoms with E-state index in [1.807, 2.05) is 90.9 Å². The van der Waals surface area contributed by atoms with Gasteiger partial charge in [-0.2, -0.15) is 0 Å². The molecular weight excluding hydrogens is 392 g/mol. The predicted molar refractivity (Wildman–Crippen MR) is 130 cm³/mol. The topological polar surface area (TPSA) is 59.9 Å². The lowest BCUT2D eigenvalue weighted by atomic mass is 10.3. The minimum absolute atomic E-state index is 0.518. The van der Waals surface area contributed by atoms with Crippen LogP contribution in [0.25, 0.3) is 10.2 Å². The Kier molecular flexibility index (Phi) is 11.7. The second-order valence-electron chi connectivity index (χ2n) is 5.19. The fraction of sp³-hybridized carbons (Fsp3) is 0.292. The van der Waals surface area contributed by atoms with Gasteiger partial charge in [0.25, 0.3) is 0 Å². The number of thiazole rings is 1. The molecule has 0 saturated heterocycles. The smallest absolute Gasteiger partial charge is 0.240 e. The van der Waals surface area contributed by atoms with Gasteiger partial charge in [-0.1, -0.05) is 65.0 Å². The SMILES string of the molecule is CC.CC.CC.Cc1nccnc1Oc1ccc(Nc2nc3ccccc3s2)cc1. The fourth-order valence-corrected chi connectivity index (χ4v) is 3.15. The summed E-state index contributed by atoms with van der Waals surface area (Å²) in [6, 6.07) is 15.8. The van der Waals surface area contributed by atoms with Crippen molar-refractivity contribution in [3.63, 3.8) is 0 Å². The molecule has 30 heavy (non-hydrogen) atoms. The van der Waals surface area contributed by atoms with Crippen LogP contribution in [0, 0.1) is 6.92 Å². The first-order chi connectivity index (χ1) is 14.8. The second kappa shape index (κ2) is 14.1. The van der Waals surface area contributed by atoms with Crippen LogP contribution >= 0.6 is 11.3 Å². The highest BCUT2D eigenvalue weighted by Crippen LogP contribution is 2.29. The predicted octanol–water partition coefficient (Wildman–Crippen LogP) is 8.01. The number of anilines is 2. The van der Waals surface area contributed by atoms with Crippen molar-refractivity contribution in [2.75, 3.05) is 5.32 Å². The number of rotatable bonds is 4. The molecule has 0 spiro atoms. The van der Waals surface area contributed by atoms with Crippen LogP contribution in [0.1, 0.15) is 47.2 Å². The van der Waals surface area contributed by atoms with Gasteiger partial charge in [0.1, 0.15) is 5.75 Å². The summed E-state index contributed by atoms with van der Waals surface area (Å²) in [5.74, 6) is 1.23. The van der Waals surface area contributed by atoms with Gasteiger partial charge in [0.05, 0.1) is 15.9 Å². The van der Waals surface area contributed by atoms with Crippen molar-refractivity contribution < 1.29 is 4.74 Å². The molecule has 2 heterocycles. The van der Waals surface area contributed by atoms with E-state index in [4.69, 9.17) is 4.74 Å². The van der Waals surface area contributed by atoms with E-state index in [-0.39, 0.29) is 0 Å². The lowest BCUT2D eigenvalue weighted by Crippen LogP contribution is -1.93. The summed E-state index contributed by atoms with van der Waals surface area (Å²) in [6.07, 6.45) is 3.26. The van der Waals surface area contributed by atoms with Crippen molar-refractivity contribution in [1.82, 2.24) is 15.0 Å². The fourth-order valence-electron chi connectivity index (χ4n) is 2.26. The third-order valence-corrected chi connectivity index (χ3v) is 4.40. The molecule has 0 bridgehead atoms. The first-order valence-electron chi connectivity index (χ1n) is 10.5. The summed E-state index contributed by atoms with van der Waals surface area (Å²) < 4.78 is 6.91. The third-order valence-electron chi connectivity index (χ3n) is 3.45. The van der Waals surface area contributed by atoms with E-state index in [1.54, 1.807) is 23.7 Å². The van der Waals surface area contributed by atoms with E-state index in [2.05, 4.69) is 26.3 Å². The van der Waals surface area contributed by atoms with Gasteiger partial charge in [-0.05, 0) is 43.3 Å². The van der Waals surface area contributed by atoms with Crippen molar-refractivity contribution in [2.45, 2.75) is 48.5 Å². The van der Waals surface area contributed by atoms with Gasteiger partial charge in [0.15, 0.2) is 5.13 Å². The molecule has 0 unspecified atom stereocenters. The molecule has 0 aliphatic heterocycles. The lowest BCUT2D eigenvalue weighted by molar-refractivity contribution is 0.455. The van der Waals surface area contributed by atoms with Gasteiger partial charge in [0, 0.05) is 18.1 Å². The van der Waals surface area contributed by atoms with E-state index in [0.717, 1.165) is 26.7 Å². The maximum Gasteiger partial charge on any atom is 0.240 e. The average Bonchev–Trinajstić information content (AvgIpc) is 3.23. The molecule has 5 nitrogen and oxygen atoms in total. The number of fused-ring (bicyclic) bond motifs is 1. The highest BCUT2D eigenvalue weighted by Gasteiger charge is 2.05. The number of hydrogen-bond acceptors (Lipinski definition) is 6. The van der Waals surface area contributed by atoms with Gasteiger partial charge in [0.2, 0.25) is 5.88 Å². The number of aryl methyl sites for hydroxylation is 1. The third kappa shape index (κ3) is 7.12. The molecule has 0 amide bonds. The monoisotopic (exact) mass is 424 g/mol. The van der Waals surface area contributed by atoms with E-state index in [0.29, 0.717) is 11.6 Å². The van der Waals surface area contributed by atoms with Crippen molar-refractivity contribution in [1.29, 1.82) is 0 Å². The molecule has 2 aromatic heterocycles. The Morgan fingerprint density at radius 3 is 2.07 bits per heavy atom. The molecule has 4 rings (SSSR count). The number of aromatic nitrogens is 3. The zero-order chi connectivity index (χ0) is 22.4. The van der Waals surface area contributed by atoms with Crippen LogP contribution in [0.3, 0.4) is 0 Å². The van der Waals surface area contributed by atoms with Gasteiger partial charge >= 0.3 is 0 Å². The maximum absolute atomic E-state index is 5.75. The van der Waals surface area contributed by atoms with Crippen LogP contribution < -0.4 is 10.1 Å². The highest BCUT2D eigenvalue weighted by atomic mass is 32.1. The van der Waals surface area contributed by atoms with Gasteiger partial charge in [-0.25, -0.2) is 9.97 Å². The molecule has 0 saturated carbocycles. The molecule has 0 aliphatic rings. The molecule has 160 valence electrons. The van der Waals surface area contributed by atoms with Gasteiger partial charge in [-0.15, -0.1) is 0 Å². The second-order valence-corrected chi connectivity index (χ2v) is 6.22. The number of nitrogens with zero attached hydrogens (tertiary/aromatic N) is 3.